The van der Waals surface area contributed by atoms with Crippen LogP contribution < -0.4 is 5.32 Å². The van der Waals surface area contributed by atoms with E-state index in [4.69, 9.17) is 0 Å². The van der Waals surface area contributed by atoms with Crippen molar-refractivity contribution in [2.24, 2.45) is 5.92 Å². The Morgan fingerprint density at radius 1 is 1.44 bits per heavy atom. The summed E-state index contributed by atoms with van der Waals surface area (Å²) in [5, 5.41) is 5.27. The summed E-state index contributed by atoms with van der Waals surface area (Å²) in [6.07, 6.45) is 4.84. The predicted molar refractivity (Wildman–Crippen MR) is 70.3 cm³/mol. The number of nitrogens with zero attached hydrogens (tertiary/aromatic N) is 3. The van der Waals surface area contributed by atoms with E-state index in [1.54, 1.807) is 24.0 Å². The third kappa shape index (κ3) is 3.10. The molecule has 2 aromatic rings. The van der Waals surface area contributed by atoms with E-state index in [-0.39, 0.29) is 5.91 Å². The standard InChI is InChI=1S/C12H14N4OS/c1-8(2)5-15-11(17)10-7-18-12(16-10)9-6-13-3-4-14-9/h3-4,6-8H,5H2,1-2H3,(H,15,17). The Labute approximate surface area is 109 Å². The summed E-state index contributed by atoms with van der Waals surface area (Å²) in [7, 11) is 0. The van der Waals surface area contributed by atoms with Gasteiger partial charge in [-0.2, -0.15) is 0 Å². The zero-order valence-corrected chi connectivity index (χ0v) is 11.1. The molecule has 0 saturated heterocycles. The van der Waals surface area contributed by atoms with Gasteiger partial charge >= 0.3 is 0 Å². The van der Waals surface area contributed by atoms with Gasteiger partial charge in [-0.15, -0.1) is 11.3 Å². The summed E-state index contributed by atoms with van der Waals surface area (Å²) in [5.74, 6) is 0.280. The molecule has 0 radical (unpaired) electrons. The third-order valence-corrected chi connectivity index (χ3v) is 3.05. The van der Waals surface area contributed by atoms with Crippen molar-refractivity contribution in [1.29, 1.82) is 0 Å². The number of hydrogen-bond donors (Lipinski definition) is 1. The Hall–Kier alpha value is -1.82. The largest absolute Gasteiger partial charge is 0.350 e. The molecule has 1 amide bonds. The lowest BCUT2D eigenvalue weighted by molar-refractivity contribution is 0.0945. The van der Waals surface area contributed by atoms with Crippen LogP contribution in [0.15, 0.2) is 24.0 Å². The third-order valence-electron chi connectivity index (χ3n) is 2.19. The van der Waals surface area contributed by atoms with E-state index in [0.29, 0.717) is 28.9 Å². The topological polar surface area (TPSA) is 67.8 Å². The molecule has 5 nitrogen and oxygen atoms in total. The molecule has 0 aliphatic carbocycles. The smallest absolute Gasteiger partial charge is 0.270 e. The van der Waals surface area contributed by atoms with Crippen molar-refractivity contribution in [3.05, 3.63) is 29.7 Å². The molecule has 0 unspecified atom stereocenters. The van der Waals surface area contributed by atoms with Crippen LogP contribution in [0.5, 0.6) is 0 Å². The summed E-state index contributed by atoms with van der Waals surface area (Å²) in [6.45, 7) is 4.75. The molecule has 1 N–H and O–H groups in total. The number of aromatic nitrogens is 3. The molecule has 0 saturated carbocycles. The normalized spacial score (nSPS) is 10.6. The quantitative estimate of drug-likeness (QED) is 0.915. The van der Waals surface area contributed by atoms with Gasteiger partial charge in [0, 0.05) is 24.3 Å². The number of hydrogen-bond acceptors (Lipinski definition) is 5. The minimum atomic E-state index is -0.143. The first kappa shape index (κ1) is 12.6. The first-order chi connectivity index (χ1) is 8.66. The van der Waals surface area contributed by atoms with Crippen LogP contribution in [0.25, 0.3) is 10.7 Å². The van der Waals surface area contributed by atoms with Crippen molar-refractivity contribution in [2.75, 3.05) is 6.54 Å². The van der Waals surface area contributed by atoms with E-state index in [1.165, 1.54) is 11.3 Å². The lowest BCUT2D eigenvalue weighted by atomic mass is 10.2. The number of amides is 1. The molecule has 0 bridgehead atoms. The fourth-order valence-corrected chi connectivity index (χ4v) is 2.05. The Morgan fingerprint density at radius 3 is 2.94 bits per heavy atom. The molecule has 94 valence electrons. The van der Waals surface area contributed by atoms with Gasteiger partial charge in [0.2, 0.25) is 0 Å². The zero-order chi connectivity index (χ0) is 13.0. The first-order valence-electron chi connectivity index (χ1n) is 5.67. The van der Waals surface area contributed by atoms with Crippen LogP contribution in [0, 0.1) is 5.92 Å². The fraction of sp³-hybridized carbons (Fsp3) is 0.333. The Bertz CT molecular complexity index is 524. The van der Waals surface area contributed by atoms with Gasteiger partial charge in [0.25, 0.3) is 5.91 Å². The van der Waals surface area contributed by atoms with Gasteiger partial charge in [0.1, 0.15) is 16.4 Å². The number of carbonyl (C=O) groups is 1. The summed E-state index contributed by atoms with van der Waals surface area (Å²) < 4.78 is 0. The molecule has 18 heavy (non-hydrogen) atoms. The molecule has 0 aromatic carbocycles. The highest BCUT2D eigenvalue weighted by molar-refractivity contribution is 7.13. The molecule has 0 aliphatic rings. The van der Waals surface area contributed by atoms with Gasteiger partial charge in [-0.3, -0.25) is 14.8 Å². The maximum absolute atomic E-state index is 11.8. The van der Waals surface area contributed by atoms with E-state index in [2.05, 4.69) is 20.3 Å². The molecule has 2 aromatic heterocycles. The van der Waals surface area contributed by atoms with E-state index in [0.717, 1.165) is 0 Å². The van der Waals surface area contributed by atoms with Crippen molar-refractivity contribution in [2.45, 2.75) is 13.8 Å². The maximum Gasteiger partial charge on any atom is 0.270 e. The van der Waals surface area contributed by atoms with Gasteiger partial charge in [-0.1, -0.05) is 13.8 Å². The Kier molecular flexibility index (Phi) is 3.99. The first-order valence-corrected chi connectivity index (χ1v) is 6.55. The minimum Gasteiger partial charge on any atom is -0.350 e. The molecule has 6 heteroatoms. The Balaban J connectivity index is 2.09. The molecular formula is C12H14N4OS. The molecule has 2 rings (SSSR count). The van der Waals surface area contributed by atoms with Crippen molar-refractivity contribution in [3.8, 4) is 10.7 Å². The second-order valence-corrected chi connectivity index (χ2v) is 5.09. The highest BCUT2D eigenvalue weighted by atomic mass is 32.1. The number of thiazole rings is 1. The van der Waals surface area contributed by atoms with Crippen molar-refractivity contribution < 1.29 is 4.79 Å². The van der Waals surface area contributed by atoms with Gasteiger partial charge in [0.05, 0.1) is 6.20 Å². The van der Waals surface area contributed by atoms with Gasteiger partial charge in [-0.25, -0.2) is 4.98 Å². The van der Waals surface area contributed by atoms with Crippen LogP contribution in [0.1, 0.15) is 24.3 Å². The summed E-state index contributed by atoms with van der Waals surface area (Å²) in [5.41, 5.74) is 1.12. The zero-order valence-electron chi connectivity index (χ0n) is 10.3. The summed E-state index contributed by atoms with van der Waals surface area (Å²) in [6, 6.07) is 0. The average Bonchev–Trinajstić information content (AvgIpc) is 2.86. The van der Waals surface area contributed by atoms with E-state index in [1.807, 2.05) is 13.8 Å². The highest BCUT2D eigenvalue weighted by Crippen LogP contribution is 2.20. The van der Waals surface area contributed by atoms with E-state index >= 15 is 0 Å². The number of carbonyl (C=O) groups excluding carboxylic acids is 1. The van der Waals surface area contributed by atoms with Crippen molar-refractivity contribution >= 4 is 17.2 Å². The minimum absolute atomic E-state index is 0.143. The monoisotopic (exact) mass is 262 g/mol. The number of rotatable bonds is 4. The molecule has 0 atom stereocenters. The lowest BCUT2D eigenvalue weighted by Gasteiger charge is -2.05. The van der Waals surface area contributed by atoms with Crippen LogP contribution in [0.4, 0.5) is 0 Å². The van der Waals surface area contributed by atoms with Crippen molar-refractivity contribution in [3.63, 3.8) is 0 Å². The van der Waals surface area contributed by atoms with Crippen LogP contribution in [0.3, 0.4) is 0 Å². The van der Waals surface area contributed by atoms with Crippen LogP contribution in [-0.2, 0) is 0 Å². The number of nitrogens with one attached hydrogen (secondary N) is 1. The molecule has 0 spiro atoms. The molecule has 0 aliphatic heterocycles. The maximum atomic E-state index is 11.8. The SMILES string of the molecule is CC(C)CNC(=O)c1csc(-c2cnccn2)n1. The van der Waals surface area contributed by atoms with Crippen molar-refractivity contribution in [1.82, 2.24) is 20.3 Å². The van der Waals surface area contributed by atoms with Gasteiger partial charge in [0.15, 0.2) is 0 Å². The van der Waals surface area contributed by atoms with Crippen LogP contribution >= 0.6 is 11.3 Å². The highest BCUT2D eigenvalue weighted by Gasteiger charge is 2.12. The molecular weight excluding hydrogens is 248 g/mol. The molecule has 0 fully saturated rings. The second kappa shape index (κ2) is 5.68. The lowest BCUT2D eigenvalue weighted by Crippen LogP contribution is -2.27. The molecule has 2 heterocycles. The van der Waals surface area contributed by atoms with Gasteiger partial charge in [-0.05, 0) is 5.92 Å². The van der Waals surface area contributed by atoms with E-state index in [9.17, 15) is 4.79 Å². The summed E-state index contributed by atoms with van der Waals surface area (Å²) in [4.78, 5) is 24.2. The average molecular weight is 262 g/mol. The Morgan fingerprint density at radius 2 is 2.28 bits per heavy atom. The summed E-state index contributed by atoms with van der Waals surface area (Å²) >= 11 is 1.39. The fourth-order valence-electron chi connectivity index (χ4n) is 1.29. The van der Waals surface area contributed by atoms with Gasteiger partial charge < -0.3 is 5.32 Å². The van der Waals surface area contributed by atoms with Crippen LogP contribution in [0.2, 0.25) is 0 Å². The van der Waals surface area contributed by atoms with E-state index < -0.39 is 0 Å². The predicted octanol–water partition coefficient (Wildman–Crippen LogP) is 1.99. The second-order valence-electron chi connectivity index (χ2n) is 4.23. The van der Waals surface area contributed by atoms with Crippen LogP contribution in [-0.4, -0.2) is 27.4 Å².